The lowest BCUT2D eigenvalue weighted by Crippen LogP contribution is -2.43. The molecule has 1 rings (SSSR count). The Bertz CT molecular complexity index is 481. The van der Waals surface area contributed by atoms with E-state index in [0.29, 0.717) is 6.54 Å². The summed E-state index contributed by atoms with van der Waals surface area (Å²) in [6, 6.07) is 6.90. The van der Waals surface area contributed by atoms with Crippen LogP contribution in [0.25, 0.3) is 0 Å². The molecule has 0 spiro atoms. The molecular weight excluding hydrogens is 266 g/mol. The van der Waals surface area contributed by atoms with Crippen LogP contribution in [0.2, 0.25) is 0 Å². The van der Waals surface area contributed by atoms with Crippen molar-refractivity contribution in [2.24, 2.45) is 17.6 Å². The van der Waals surface area contributed by atoms with Crippen LogP contribution >= 0.6 is 0 Å². The molecule has 0 bridgehead atoms. The monoisotopic (exact) mass is 291 g/mol. The highest BCUT2D eigenvalue weighted by atomic mass is 16.2. The van der Waals surface area contributed by atoms with E-state index >= 15 is 0 Å². The summed E-state index contributed by atoms with van der Waals surface area (Å²) in [5, 5.41) is 5.63. The number of hydrogen-bond acceptors (Lipinski definition) is 3. The smallest absolute Gasteiger partial charge is 0.237 e. The fourth-order valence-corrected chi connectivity index (χ4v) is 1.60. The first-order chi connectivity index (χ1) is 9.81. The zero-order chi connectivity index (χ0) is 16.0. The maximum Gasteiger partial charge on any atom is 0.237 e. The van der Waals surface area contributed by atoms with Crippen molar-refractivity contribution in [3.63, 3.8) is 0 Å². The molecule has 0 saturated carbocycles. The van der Waals surface area contributed by atoms with Crippen molar-refractivity contribution < 1.29 is 9.59 Å². The summed E-state index contributed by atoms with van der Waals surface area (Å²) in [5.41, 5.74) is 7.48. The first kappa shape index (κ1) is 17.2. The maximum absolute atomic E-state index is 11.8. The second-order valence-electron chi connectivity index (χ2n) is 5.83. The van der Waals surface area contributed by atoms with Crippen LogP contribution < -0.4 is 16.4 Å². The van der Waals surface area contributed by atoms with E-state index in [4.69, 9.17) is 5.73 Å². The van der Waals surface area contributed by atoms with Gasteiger partial charge in [0.1, 0.15) is 0 Å². The number of hydrogen-bond donors (Lipinski definition) is 3. The Labute approximate surface area is 126 Å². The van der Waals surface area contributed by atoms with Gasteiger partial charge >= 0.3 is 0 Å². The summed E-state index contributed by atoms with van der Waals surface area (Å²) in [5.74, 6) is -0.110. The number of rotatable bonds is 6. The molecule has 116 valence electrons. The van der Waals surface area contributed by atoms with Crippen LogP contribution in [0.15, 0.2) is 24.3 Å². The second kappa shape index (κ2) is 7.78. The molecule has 0 saturated heterocycles. The Morgan fingerprint density at radius 1 is 1.05 bits per heavy atom. The van der Waals surface area contributed by atoms with Gasteiger partial charge in [-0.25, -0.2) is 0 Å². The van der Waals surface area contributed by atoms with Crippen molar-refractivity contribution in [2.45, 2.75) is 40.3 Å². The van der Waals surface area contributed by atoms with Crippen LogP contribution in [0.4, 0.5) is 5.69 Å². The second-order valence-corrected chi connectivity index (χ2v) is 5.83. The highest BCUT2D eigenvalue weighted by Crippen LogP contribution is 2.11. The van der Waals surface area contributed by atoms with Gasteiger partial charge in [-0.2, -0.15) is 0 Å². The predicted octanol–water partition coefficient (Wildman–Crippen LogP) is 1.88. The third kappa shape index (κ3) is 5.55. The molecule has 1 atom stereocenters. The molecule has 2 amide bonds. The van der Waals surface area contributed by atoms with Gasteiger partial charge in [0.2, 0.25) is 11.8 Å². The predicted molar refractivity (Wildman–Crippen MR) is 84.6 cm³/mol. The molecule has 0 radical (unpaired) electrons. The van der Waals surface area contributed by atoms with Crippen LogP contribution in [-0.2, 0) is 16.1 Å². The molecule has 5 heteroatoms. The third-order valence-electron chi connectivity index (χ3n) is 3.23. The Morgan fingerprint density at radius 3 is 2.10 bits per heavy atom. The van der Waals surface area contributed by atoms with Gasteiger partial charge in [-0.15, -0.1) is 0 Å². The molecule has 1 aromatic rings. The molecule has 0 unspecified atom stereocenters. The molecule has 0 aliphatic heterocycles. The topological polar surface area (TPSA) is 84.2 Å². The van der Waals surface area contributed by atoms with Gasteiger partial charge in [-0.05, 0) is 23.6 Å². The quantitative estimate of drug-likeness (QED) is 0.748. The summed E-state index contributed by atoms with van der Waals surface area (Å²) in [6.07, 6.45) is 0. The Kier molecular flexibility index (Phi) is 6.37. The number of nitrogens with one attached hydrogen (secondary N) is 2. The van der Waals surface area contributed by atoms with E-state index in [9.17, 15) is 9.59 Å². The molecule has 1 aromatic carbocycles. The van der Waals surface area contributed by atoms with Crippen molar-refractivity contribution in [3.05, 3.63) is 29.8 Å². The van der Waals surface area contributed by atoms with Crippen LogP contribution in [-0.4, -0.2) is 17.9 Å². The Hall–Kier alpha value is -1.88. The lowest BCUT2D eigenvalue weighted by Gasteiger charge is -2.15. The summed E-state index contributed by atoms with van der Waals surface area (Å²) in [4.78, 5) is 23.3. The lowest BCUT2D eigenvalue weighted by molar-refractivity contribution is -0.123. The highest BCUT2D eigenvalue weighted by molar-refractivity contribution is 5.92. The van der Waals surface area contributed by atoms with Crippen molar-refractivity contribution in [3.8, 4) is 0 Å². The van der Waals surface area contributed by atoms with Crippen LogP contribution in [0.1, 0.15) is 33.3 Å². The summed E-state index contributed by atoms with van der Waals surface area (Å²) < 4.78 is 0. The molecule has 0 aliphatic carbocycles. The minimum absolute atomic E-state index is 0.0149. The summed E-state index contributed by atoms with van der Waals surface area (Å²) in [7, 11) is 0. The number of carbonyl (C=O) groups is 2. The van der Waals surface area contributed by atoms with E-state index in [0.717, 1.165) is 11.3 Å². The third-order valence-corrected chi connectivity index (χ3v) is 3.23. The Balaban J connectivity index is 2.52. The maximum atomic E-state index is 11.8. The summed E-state index contributed by atoms with van der Waals surface area (Å²) >= 11 is 0. The van der Waals surface area contributed by atoms with Gasteiger partial charge in [0.05, 0.1) is 6.04 Å². The van der Waals surface area contributed by atoms with Crippen LogP contribution in [0.5, 0.6) is 0 Å². The number of nitrogens with two attached hydrogens (primary N) is 1. The summed E-state index contributed by atoms with van der Waals surface area (Å²) in [6.45, 7) is 7.94. The van der Waals surface area contributed by atoms with Crippen molar-refractivity contribution in [2.75, 3.05) is 5.32 Å². The molecule has 5 nitrogen and oxygen atoms in total. The first-order valence-electron chi connectivity index (χ1n) is 7.24. The molecule has 0 heterocycles. The number of benzene rings is 1. The SMILES string of the molecule is CC(C)C(=O)Nc1ccc(CNC(=O)[C@@H](N)C(C)C)cc1. The van der Waals surface area contributed by atoms with Crippen molar-refractivity contribution in [1.82, 2.24) is 5.32 Å². The molecule has 0 aromatic heterocycles. The lowest BCUT2D eigenvalue weighted by atomic mass is 10.0. The Morgan fingerprint density at radius 2 is 1.62 bits per heavy atom. The van der Waals surface area contributed by atoms with Gasteiger partial charge in [0.15, 0.2) is 0 Å². The van der Waals surface area contributed by atoms with Gasteiger partial charge in [0.25, 0.3) is 0 Å². The molecule has 4 N–H and O–H groups in total. The fraction of sp³-hybridized carbons (Fsp3) is 0.500. The molecule has 0 fully saturated rings. The average molecular weight is 291 g/mol. The minimum Gasteiger partial charge on any atom is -0.351 e. The number of amides is 2. The highest BCUT2D eigenvalue weighted by Gasteiger charge is 2.16. The zero-order valence-electron chi connectivity index (χ0n) is 13.1. The van der Waals surface area contributed by atoms with Crippen LogP contribution in [0.3, 0.4) is 0 Å². The van der Waals surface area contributed by atoms with Gasteiger partial charge in [0, 0.05) is 18.2 Å². The van der Waals surface area contributed by atoms with Crippen molar-refractivity contribution >= 4 is 17.5 Å². The standard InChI is InChI=1S/C16H25N3O2/c1-10(2)14(17)16(21)18-9-12-5-7-13(8-6-12)19-15(20)11(3)4/h5-8,10-11,14H,9,17H2,1-4H3,(H,18,21)(H,19,20)/t14-/m0/s1. The molecule has 0 aliphatic rings. The van der Waals surface area contributed by atoms with E-state index in [1.165, 1.54) is 0 Å². The molecule has 21 heavy (non-hydrogen) atoms. The number of anilines is 1. The van der Waals surface area contributed by atoms with Crippen LogP contribution in [0, 0.1) is 11.8 Å². The van der Waals surface area contributed by atoms with Crippen molar-refractivity contribution in [1.29, 1.82) is 0 Å². The van der Waals surface area contributed by atoms with Gasteiger partial charge in [-0.1, -0.05) is 39.8 Å². The largest absolute Gasteiger partial charge is 0.351 e. The van der Waals surface area contributed by atoms with E-state index in [2.05, 4.69) is 10.6 Å². The van der Waals surface area contributed by atoms with E-state index < -0.39 is 6.04 Å². The average Bonchev–Trinajstić information content (AvgIpc) is 2.45. The first-order valence-corrected chi connectivity index (χ1v) is 7.24. The zero-order valence-corrected chi connectivity index (χ0v) is 13.1. The number of carbonyl (C=O) groups excluding carboxylic acids is 2. The van der Waals surface area contributed by atoms with E-state index in [-0.39, 0.29) is 23.7 Å². The molecular formula is C16H25N3O2. The minimum atomic E-state index is -0.491. The normalized spacial score (nSPS) is 12.3. The van der Waals surface area contributed by atoms with Gasteiger partial charge < -0.3 is 16.4 Å². The van der Waals surface area contributed by atoms with E-state index in [1.54, 1.807) is 0 Å². The van der Waals surface area contributed by atoms with Gasteiger partial charge in [-0.3, -0.25) is 9.59 Å². The van der Waals surface area contributed by atoms with E-state index in [1.807, 2.05) is 52.0 Å². The fourth-order valence-electron chi connectivity index (χ4n) is 1.60.